The van der Waals surface area contributed by atoms with Crippen LogP contribution in [-0.2, 0) is 23.4 Å². The number of carbonyl (C=O) groups excluding carboxylic acids is 1. The van der Waals surface area contributed by atoms with Crippen LogP contribution in [0.1, 0.15) is 111 Å². The summed E-state index contributed by atoms with van der Waals surface area (Å²) >= 11 is 0. The van der Waals surface area contributed by atoms with Gasteiger partial charge in [-0.05, 0) is 46.0 Å². The first-order valence-corrected chi connectivity index (χ1v) is 14.6. The fraction of sp³-hybridized carbons (Fsp3) is 0.880. The fourth-order valence-electron chi connectivity index (χ4n) is 3.22. The largest absolute Gasteiger partial charge is 0.457 e. The van der Waals surface area contributed by atoms with Gasteiger partial charge in [-0.2, -0.15) is 4.20 Å². The van der Waals surface area contributed by atoms with Crippen LogP contribution < -0.4 is 0 Å². The Morgan fingerprint density at radius 3 is 1.94 bits per heavy atom. The molecule has 0 aromatic heterocycles. The maximum atomic E-state index is 13.1. The first-order valence-electron chi connectivity index (χ1n) is 12.6. The van der Waals surface area contributed by atoms with Gasteiger partial charge in [0.2, 0.25) is 0 Å². The number of hydrogen-bond donors (Lipinski definition) is 0. The summed E-state index contributed by atoms with van der Waals surface area (Å²) in [5, 5.41) is 0. The number of rotatable bonds is 22. The molecule has 0 aromatic carbocycles. The monoisotopic (exact) mass is 478 g/mol. The van der Waals surface area contributed by atoms with Crippen molar-refractivity contribution in [3.8, 4) is 0 Å². The van der Waals surface area contributed by atoms with Crippen molar-refractivity contribution in [2.24, 2.45) is 0 Å². The quantitative estimate of drug-likeness (QED) is 0.0679. The van der Waals surface area contributed by atoms with E-state index < -0.39 is 13.8 Å². The number of hydrogen-bond acceptors (Lipinski definition) is 5. The minimum absolute atomic E-state index is 0.0552. The van der Waals surface area contributed by atoms with Crippen molar-refractivity contribution in [2.45, 2.75) is 123 Å². The van der Waals surface area contributed by atoms with Crippen molar-refractivity contribution in [3.63, 3.8) is 0 Å². The van der Waals surface area contributed by atoms with Crippen molar-refractivity contribution < 1.29 is 27.6 Å². The molecule has 0 aliphatic heterocycles. The van der Waals surface area contributed by atoms with Gasteiger partial charge in [0.15, 0.2) is 0 Å². The highest BCUT2D eigenvalue weighted by Crippen LogP contribution is 2.44. The maximum absolute atomic E-state index is 13.1. The lowest BCUT2D eigenvalue weighted by molar-refractivity contribution is -0.155. The van der Waals surface area contributed by atoms with Gasteiger partial charge in [0, 0.05) is 13.1 Å². The van der Waals surface area contributed by atoms with Crippen LogP contribution in [0, 0.1) is 0 Å². The molecule has 0 aliphatic rings. The number of halogens is 1. The average Bonchev–Trinajstić information content (AvgIpc) is 2.72. The molecule has 2 atom stereocenters. The zero-order chi connectivity index (χ0) is 24.1. The van der Waals surface area contributed by atoms with Crippen molar-refractivity contribution in [1.29, 1.82) is 0 Å². The van der Waals surface area contributed by atoms with Crippen molar-refractivity contribution in [1.82, 2.24) is 0 Å². The molecule has 0 fully saturated rings. The second-order valence-corrected chi connectivity index (χ2v) is 10.6. The summed E-state index contributed by atoms with van der Waals surface area (Å²) in [5.41, 5.74) is 0. The highest BCUT2D eigenvalue weighted by atomic mass is 31.2. The maximum Gasteiger partial charge on any atom is 0.364 e. The molecule has 0 heterocycles. The van der Waals surface area contributed by atoms with E-state index in [9.17, 15) is 13.6 Å². The predicted molar refractivity (Wildman–Crippen MR) is 131 cm³/mol. The lowest BCUT2D eigenvalue weighted by atomic mass is 10.1. The van der Waals surface area contributed by atoms with Crippen molar-refractivity contribution in [3.05, 3.63) is 12.2 Å². The van der Waals surface area contributed by atoms with E-state index in [4.69, 9.17) is 9.47 Å². The van der Waals surface area contributed by atoms with Crippen LogP contribution in [0.25, 0.3) is 0 Å². The molecule has 7 heteroatoms. The topological polar surface area (TPSA) is 61.8 Å². The van der Waals surface area contributed by atoms with Gasteiger partial charge in [-0.25, -0.2) is 0 Å². The molecule has 0 N–H and O–H groups in total. The Hall–Kier alpha value is -0.710. The van der Waals surface area contributed by atoms with E-state index >= 15 is 0 Å². The average molecular weight is 479 g/mol. The smallest absolute Gasteiger partial charge is 0.364 e. The van der Waals surface area contributed by atoms with Gasteiger partial charge in [-0.15, -0.1) is 0 Å². The Bertz CT molecular complexity index is 518. The number of carbonyl (C=O) groups is 1. The fourth-order valence-corrected chi connectivity index (χ4v) is 3.65. The summed E-state index contributed by atoms with van der Waals surface area (Å²) in [5.74, 6) is -0.353. The molecule has 0 aliphatic carbocycles. The van der Waals surface area contributed by atoms with Crippen LogP contribution in [0.3, 0.4) is 0 Å². The van der Waals surface area contributed by atoms with Crippen molar-refractivity contribution in [2.75, 3.05) is 19.9 Å². The Balaban J connectivity index is 3.74. The first-order chi connectivity index (χ1) is 15.2. The normalized spacial score (nSPS) is 14.7. The summed E-state index contributed by atoms with van der Waals surface area (Å²) in [6, 6.07) is 0. The third kappa shape index (κ3) is 23.9. The van der Waals surface area contributed by atoms with Gasteiger partial charge in [0.25, 0.3) is 0 Å². The van der Waals surface area contributed by atoms with Crippen LogP contribution in [-0.4, -0.2) is 38.1 Å². The summed E-state index contributed by atoms with van der Waals surface area (Å²) in [6.45, 7) is 6.67. The molecule has 0 bridgehead atoms. The second-order valence-electron chi connectivity index (χ2n) is 8.87. The molecule has 0 radical (unpaired) electrons. The third-order valence-corrected chi connectivity index (χ3v) is 5.66. The van der Waals surface area contributed by atoms with Crippen LogP contribution >= 0.6 is 7.68 Å². The lowest BCUT2D eigenvalue weighted by Gasteiger charge is -2.19. The van der Waals surface area contributed by atoms with Crippen LogP contribution in [0.2, 0.25) is 0 Å². The zero-order valence-corrected chi connectivity index (χ0v) is 21.9. The number of allylic oxidation sites excluding steroid dienone is 2. The molecule has 0 saturated carbocycles. The molecule has 0 saturated heterocycles. The highest BCUT2D eigenvalue weighted by Gasteiger charge is 2.21. The lowest BCUT2D eigenvalue weighted by Crippen LogP contribution is -2.29. The molecule has 0 amide bonds. The SMILES string of the molecule is CCCCCCCC/C=C\CCCCCCCC(=O)O[C@@H](COC(C)C)CO[P@@](C)(=O)F. The summed E-state index contributed by atoms with van der Waals surface area (Å²) in [6.07, 6.45) is 19.7. The van der Waals surface area contributed by atoms with E-state index in [2.05, 4.69) is 23.6 Å². The first kappa shape index (κ1) is 31.3. The van der Waals surface area contributed by atoms with E-state index in [0.717, 1.165) is 38.8 Å². The number of esters is 1. The standard InChI is InChI=1S/C25H48FO5P/c1-5-6-7-8-9-10-11-12-13-14-15-16-17-18-19-20-25(27)31-24(21-29-23(2)3)22-30-32(4,26)28/h12-13,23-24H,5-11,14-22H2,1-4H3/b13-12-/t24-,32+/m0/s1. The van der Waals surface area contributed by atoms with Crippen molar-refractivity contribution >= 4 is 13.6 Å². The minimum Gasteiger partial charge on any atom is -0.457 e. The Morgan fingerprint density at radius 1 is 0.875 bits per heavy atom. The zero-order valence-electron chi connectivity index (χ0n) is 21.0. The molecule has 0 rings (SSSR count). The van der Waals surface area contributed by atoms with Gasteiger partial charge in [-0.3, -0.25) is 9.36 Å². The third-order valence-electron chi connectivity index (χ3n) is 5.05. The van der Waals surface area contributed by atoms with Crippen LogP contribution in [0.4, 0.5) is 4.20 Å². The van der Waals surface area contributed by atoms with Gasteiger partial charge in [0.1, 0.15) is 6.10 Å². The summed E-state index contributed by atoms with van der Waals surface area (Å²) in [4.78, 5) is 12.1. The van der Waals surface area contributed by atoms with Gasteiger partial charge in [-0.1, -0.05) is 70.4 Å². The number of ether oxygens (including phenoxy) is 2. The van der Waals surface area contributed by atoms with E-state index in [0.29, 0.717) is 6.42 Å². The predicted octanol–water partition coefficient (Wildman–Crippen LogP) is 8.17. The summed E-state index contributed by atoms with van der Waals surface area (Å²) < 4.78 is 39.7. The highest BCUT2D eigenvalue weighted by molar-refractivity contribution is 7.52. The second kappa shape index (κ2) is 20.9. The molecule has 0 spiro atoms. The molecule has 0 unspecified atom stereocenters. The minimum atomic E-state index is -4.12. The Morgan fingerprint density at radius 2 is 1.41 bits per heavy atom. The Labute approximate surface area is 196 Å². The van der Waals surface area contributed by atoms with E-state index in [1.54, 1.807) is 0 Å². The van der Waals surface area contributed by atoms with Gasteiger partial charge >= 0.3 is 13.6 Å². The van der Waals surface area contributed by atoms with Crippen LogP contribution in [0.15, 0.2) is 12.2 Å². The Kier molecular flexibility index (Phi) is 20.4. The molecule has 5 nitrogen and oxygen atoms in total. The van der Waals surface area contributed by atoms with E-state index in [1.807, 2.05) is 13.8 Å². The van der Waals surface area contributed by atoms with E-state index in [1.165, 1.54) is 51.4 Å². The van der Waals surface area contributed by atoms with E-state index in [-0.39, 0.29) is 25.3 Å². The van der Waals surface area contributed by atoms with Gasteiger partial charge < -0.3 is 14.0 Å². The molecule has 190 valence electrons. The van der Waals surface area contributed by atoms with Crippen LogP contribution in [0.5, 0.6) is 0 Å². The van der Waals surface area contributed by atoms with Gasteiger partial charge in [0.05, 0.1) is 19.3 Å². The molecular weight excluding hydrogens is 430 g/mol. The molecule has 0 aromatic rings. The molecule has 32 heavy (non-hydrogen) atoms. The molecular formula is C25H48FO5P. The number of unbranched alkanes of at least 4 members (excludes halogenated alkanes) is 11. The summed E-state index contributed by atoms with van der Waals surface area (Å²) in [7, 11) is -4.12.